The number of hydrogen-bond donors (Lipinski definition) is 1. The fourth-order valence-corrected chi connectivity index (χ4v) is 5.96. The van der Waals surface area contributed by atoms with Gasteiger partial charge in [-0.3, -0.25) is 13.9 Å². The average molecular weight is 605 g/mol. The van der Waals surface area contributed by atoms with Gasteiger partial charge in [-0.1, -0.05) is 60.6 Å². The zero-order valence-corrected chi connectivity index (χ0v) is 24.6. The first-order valence-electron chi connectivity index (χ1n) is 12.3. The summed E-state index contributed by atoms with van der Waals surface area (Å²) in [4.78, 5) is 28.5. The number of carbonyl (C=O) groups is 2. The maximum Gasteiger partial charge on any atom is 0.244 e. The Morgan fingerprint density at radius 3 is 2.29 bits per heavy atom. The lowest BCUT2D eigenvalue weighted by Crippen LogP contribution is -2.53. The normalized spacial score (nSPS) is 14.7. The van der Waals surface area contributed by atoms with Crippen LogP contribution < -0.4 is 14.4 Å². The molecule has 1 N–H and O–H groups in total. The molecular weight excluding hydrogens is 573 g/mol. The van der Waals surface area contributed by atoms with E-state index in [4.69, 9.17) is 39.5 Å². The molecule has 1 aliphatic rings. The highest BCUT2D eigenvalue weighted by molar-refractivity contribution is 7.92. The van der Waals surface area contributed by atoms with Gasteiger partial charge in [0.25, 0.3) is 0 Å². The Morgan fingerprint density at radius 2 is 1.74 bits per heavy atom. The number of benzene rings is 2. The maximum absolute atomic E-state index is 13.8. The van der Waals surface area contributed by atoms with E-state index >= 15 is 0 Å². The van der Waals surface area contributed by atoms with E-state index in [1.165, 1.54) is 30.2 Å². The summed E-state index contributed by atoms with van der Waals surface area (Å²) >= 11 is 18.5. The molecule has 1 atom stereocenters. The molecule has 1 saturated carbocycles. The number of methoxy groups -OCH3 is 1. The second-order valence-corrected chi connectivity index (χ2v) is 12.4. The van der Waals surface area contributed by atoms with E-state index in [-0.39, 0.29) is 29.2 Å². The summed E-state index contributed by atoms with van der Waals surface area (Å²) in [7, 11) is -2.45. The number of anilines is 1. The molecule has 0 radical (unpaired) electrons. The molecule has 0 unspecified atom stereocenters. The van der Waals surface area contributed by atoms with E-state index < -0.39 is 28.5 Å². The largest absolute Gasteiger partial charge is 0.495 e. The number of carbonyl (C=O) groups excluding carboxylic acids is 2. The first-order chi connectivity index (χ1) is 17.9. The molecule has 8 nitrogen and oxygen atoms in total. The zero-order chi connectivity index (χ0) is 28.0. The van der Waals surface area contributed by atoms with E-state index in [0.29, 0.717) is 27.8 Å². The first kappa shape index (κ1) is 30.3. The van der Waals surface area contributed by atoms with Crippen molar-refractivity contribution < 1.29 is 22.7 Å². The molecule has 12 heteroatoms. The van der Waals surface area contributed by atoms with Gasteiger partial charge in [-0.15, -0.1) is 0 Å². The molecule has 38 heavy (non-hydrogen) atoms. The summed E-state index contributed by atoms with van der Waals surface area (Å²) in [5.41, 5.74) is 0.850. The number of hydrogen-bond acceptors (Lipinski definition) is 5. The lowest BCUT2D eigenvalue weighted by molar-refractivity contribution is -0.140. The van der Waals surface area contributed by atoms with Crippen LogP contribution in [-0.4, -0.2) is 57.1 Å². The van der Waals surface area contributed by atoms with Gasteiger partial charge in [0.1, 0.15) is 18.3 Å². The standard InChI is InChI=1S/C26H32Cl3N3O5S/c1-4-23(26(34)30-18-7-5-6-8-18)31(15-17-9-11-20(27)21(28)13-17)25(33)16-32(38(3,35)36)19-10-12-24(37-2)22(29)14-19/h9-14,18,23H,4-8,15-16H2,1-3H3,(H,30,34)/t23-/m0/s1. The van der Waals surface area contributed by atoms with Crippen molar-refractivity contribution in [2.75, 3.05) is 24.2 Å². The van der Waals surface area contributed by atoms with E-state index in [1.54, 1.807) is 18.2 Å². The monoisotopic (exact) mass is 603 g/mol. The molecule has 0 spiro atoms. The van der Waals surface area contributed by atoms with Crippen molar-refractivity contribution in [1.82, 2.24) is 10.2 Å². The van der Waals surface area contributed by atoms with Crippen molar-refractivity contribution in [3.05, 3.63) is 57.0 Å². The number of sulfonamides is 1. The molecule has 1 aliphatic carbocycles. The van der Waals surface area contributed by atoms with Crippen LogP contribution in [0.1, 0.15) is 44.6 Å². The van der Waals surface area contributed by atoms with Crippen molar-refractivity contribution >= 4 is 62.3 Å². The Labute approximate surface area is 239 Å². The fourth-order valence-electron chi connectivity index (χ4n) is 4.55. The summed E-state index contributed by atoms with van der Waals surface area (Å²) in [5, 5.41) is 3.93. The van der Waals surface area contributed by atoms with Crippen molar-refractivity contribution in [2.45, 2.75) is 57.7 Å². The Hall–Kier alpha value is -2.20. The molecular formula is C26H32Cl3N3O5S. The summed E-state index contributed by atoms with van der Waals surface area (Å²) < 4.78 is 31.7. The van der Waals surface area contributed by atoms with Crippen LogP contribution in [0.4, 0.5) is 5.69 Å². The van der Waals surface area contributed by atoms with Crippen LogP contribution in [0, 0.1) is 0 Å². The van der Waals surface area contributed by atoms with Crippen molar-refractivity contribution in [3.63, 3.8) is 0 Å². The molecule has 1 fully saturated rings. The lowest BCUT2D eigenvalue weighted by atomic mass is 10.1. The van der Waals surface area contributed by atoms with Crippen LogP contribution in [0.3, 0.4) is 0 Å². The number of nitrogens with one attached hydrogen (secondary N) is 1. The predicted molar refractivity (Wildman–Crippen MR) is 152 cm³/mol. The molecule has 3 rings (SSSR count). The van der Waals surface area contributed by atoms with Gasteiger partial charge in [0.05, 0.1) is 34.1 Å². The minimum absolute atomic E-state index is 0.0350. The third-order valence-corrected chi connectivity index (χ3v) is 8.70. The molecule has 0 aromatic heterocycles. The molecule has 2 amide bonds. The molecule has 0 aliphatic heterocycles. The van der Waals surface area contributed by atoms with Gasteiger partial charge >= 0.3 is 0 Å². The van der Waals surface area contributed by atoms with E-state index in [1.807, 2.05) is 6.92 Å². The van der Waals surface area contributed by atoms with Crippen LogP contribution in [0.25, 0.3) is 0 Å². The Bertz CT molecular complexity index is 1270. The maximum atomic E-state index is 13.8. The third kappa shape index (κ3) is 7.68. The smallest absolute Gasteiger partial charge is 0.244 e. The van der Waals surface area contributed by atoms with Crippen LogP contribution in [0.15, 0.2) is 36.4 Å². The SMILES string of the molecule is CC[C@@H](C(=O)NC1CCCC1)N(Cc1ccc(Cl)c(Cl)c1)C(=O)CN(c1ccc(OC)c(Cl)c1)S(C)(=O)=O. The quantitative estimate of drug-likeness (QED) is 0.376. The predicted octanol–water partition coefficient (Wildman–Crippen LogP) is 5.29. The number of amides is 2. The van der Waals surface area contributed by atoms with Gasteiger partial charge in [-0.2, -0.15) is 0 Å². The fraction of sp³-hybridized carbons (Fsp3) is 0.462. The number of ether oxygens (including phenoxy) is 1. The number of nitrogens with zero attached hydrogens (tertiary/aromatic N) is 2. The molecule has 0 bridgehead atoms. The summed E-state index contributed by atoms with van der Waals surface area (Å²) in [5.74, 6) is -0.459. The van der Waals surface area contributed by atoms with Crippen LogP contribution in [0.5, 0.6) is 5.75 Å². The van der Waals surface area contributed by atoms with Gasteiger partial charge < -0.3 is 15.0 Å². The van der Waals surface area contributed by atoms with E-state index in [0.717, 1.165) is 36.2 Å². The molecule has 0 heterocycles. The summed E-state index contributed by atoms with van der Waals surface area (Å²) in [6, 6.07) is 8.65. The van der Waals surface area contributed by atoms with Crippen LogP contribution in [0.2, 0.25) is 15.1 Å². The molecule has 0 saturated heterocycles. The van der Waals surface area contributed by atoms with Gasteiger partial charge in [0.2, 0.25) is 21.8 Å². The molecule has 208 valence electrons. The van der Waals surface area contributed by atoms with Gasteiger partial charge in [0, 0.05) is 12.6 Å². The van der Waals surface area contributed by atoms with Gasteiger partial charge in [-0.25, -0.2) is 8.42 Å². The van der Waals surface area contributed by atoms with Crippen molar-refractivity contribution in [3.8, 4) is 5.75 Å². The lowest BCUT2D eigenvalue weighted by Gasteiger charge is -2.33. The Kier molecular flexibility index (Phi) is 10.6. The Morgan fingerprint density at radius 1 is 1.05 bits per heavy atom. The highest BCUT2D eigenvalue weighted by atomic mass is 35.5. The first-order valence-corrected chi connectivity index (χ1v) is 15.3. The minimum atomic E-state index is -3.89. The average Bonchev–Trinajstić information content (AvgIpc) is 3.36. The highest BCUT2D eigenvalue weighted by Crippen LogP contribution is 2.31. The second kappa shape index (κ2) is 13.2. The van der Waals surface area contributed by atoms with E-state index in [2.05, 4.69) is 5.32 Å². The molecule has 2 aromatic rings. The van der Waals surface area contributed by atoms with Crippen LogP contribution in [-0.2, 0) is 26.2 Å². The summed E-state index contributed by atoms with van der Waals surface area (Å²) in [6.45, 7) is 1.31. The zero-order valence-electron chi connectivity index (χ0n) is 21.5. The topological polar surface area (TPSA) is 96.0 Å². The van der Waals surface area contributed by atoms with Gasteiger partial charge in [-0.05, 0) is 55.2 Å². The minimum Gasteiger partial charge on any atom is -0.495 e. The number of rotatable bonds is 11. The number of halogens is 3. The highest BCUT2D eigenvalue weighted by Gasteiger charge is 2.33. The Balaban J connectivity index is 1.95. The van der Waals surface area contributed by atoms with Crippen molar-refractivity contribution in [1.29, 1.82) is 0 Å². The van der Waals surface area contributed by atoms with Crippen LogP contribution >= 0.6 is 34.8 Å². The van der Waals surface area contributed by atoms with Crippen molar-refractivity contribution in [2.24, 2.45) is 0 Å². The van der Waals surface area contributed by atoms with E-state index in [9.17, 15) is 18.0 Å². The molecule has 2 aromatic carbocycles. The third-order valence-electron chi connectivity index (χ3n) is 6.53. The van der Waals surface area contributed by atoms with Gasteiger partial charge in [0.15, 0.2) is 0 Å². The summed E-state index contributed by atoms with van der Waals surface area (Å²) in [6.07, 6.45) is 5.21. The second-order valence-electron chi connectivity index (χ2n) is 9.27.